The third-order valence-electron chi connectivity index (χ3n) is 2.80. The summed E-state index contributed by atoms with van der Waals surface area (Å²) in [7, 11) is 0. The number of nitrogens with one attached hydrogen (secondary N) is 1. The summed E-state index contributed by atoms with van der Waals surface area (Å²) in [5.74, 6) is -1.52. The number of carbonyl (C=O) groups excluding carboxylic acids is 1. The average molecular weight is 357 g/mol. The van der Waals surface area contributed by atoms with Gasteiger partial charge in [0.05, 0.1) is 5.92 Å². The molecule has 4 nitrogen and oxygen atoms in total. The Morgan fingerprint density at radius 1 is 1.33 bits per heavy atom. The monoisotopic (exact) mass is 357 g/mol. The molecular weight excluding hydrogens is 345 g/mol. The van der Waals surface area contributed by atoms with Crippen molar-refractivity contribution in [1.29, 1.82) is 0 Å². The lowest BCUT2D eigenvalue weighted by atomic mass is 10.1. The first-order valence-corrected chi connectivity index (χ1v) is 6.61. The number of carbonyl (C=O) groups is 2. The molecule has 0 saturated carbocycles. The maximum atomic E-state index is 11.9. The number of aliphatic carboxylic acids is 1. The van der Waals surface area contributed by atoms with Crippen molar-refractivity contribution in [3.8, 4) is 0 Å². The van der Waals surface area contributed by atoms with E-state index in [1.807, 2.05) is 12.1 Å². The minimum atomic E-state index is -0.850. The molecule has 0 bridgehead atoms. The Kier molecular flexibility index (Phi) is 4.00. The zero-order valence-electron chi connectivity index (χ0n) is 9.47. The number of carboxylic acid groups (broad SMARTS) is 1. The Labute approximate surface area is 118 Å². The van der Waals surface area contributed by atoms with Gasteiger partial charge in [-0.3, -0.25) is 9.59 Å². The highest BCUT2D eigenvalue weighted by molar-refractivity contribution is 14.1. The summed E-state index contributed by atoms with van der Waals surface area (Å²) in [6.07, 6.45) is 3.79. The number of halogens is 1. The van der Waals surface area contributed by atoms with Crippen LogP contribution < -0.4 is 5.32 Å². The minimum Gasteiger partial charge on any atom is -0.481 e. The predicted molar refractivity (Wildman–Crippen MR) is 75.3 cm³/mol. The molecule has 1 aliphatic carbocycles. The summed E-state index contributed by atoms with van der Waals surface area (Å²) in [6.45, 7) is 0. The molecule has 1 aromatic rings. The van der Waals surface area contributed by atoms with E-state index in [-0.39, 0.29) is 11.9 Å². The van der Waals surface area contributed by atoms with Crippen molar-refractivity contribution in [2.24, 2.45) is 5.92 Å². The van der Waals surface area contributed by atoms with Crippen LogP contribution in [0.2, 0.25) is 0 Å². The summed E-state index contributed by atoms with van der Waals surface area (Å²) < 4.78 is 0.991. The molecular formula is C13H12INO3. The molecule has 0 radical (unpaired) electrons. The zero-order chi connectivity index (χ0) is 13.1. The third kappa shape index (κ3) is 3.10. The van der Waals surface area contributed by atoms with Crippen LogP contribution in [0, 0.1) is 9.49 Å². The molecule has 2 rings (SSSR count). The predicted octanol–water partition coefficient (Wildman–Crippen LogP) is 2.05. The second-order valence-electron chi connectivity index (χ2n) is 4.16. The van der Waals surface area contributed by atoms with Gasteiger partial charge in [0.15, 0.2) is 0 Å². The van der Waals surface area contributed by atoms with Gasteiger partial charge in [-0.05, 0) is 47.2 Å². The fourth-order valence-corrected chi connectivity index (χ4v) is 2.41. The molecule has 0 spiro atoms. The molecule has 5 heteroatoms. The van der Waals surface area contributed by atoms with Gasteiger partial charge >= 0.3 is 5.97 Å². The molecule has 94 valence electrons. The second kappa shape index (κ2) is 5.51. The highest BCUT2D eigenvalue weighted by Gasteiger charge is 2.25. The topological polar surface area (TPSA) is 66.4 Å². The van der Waals surface area contributed by atoms with Crippen LogP contribution in [0.15, 0.2) is 36.4 Å². The van der Waals surface area contributed by atoms with Gasteiger partial charge in [-0.15, -0.1) is 0 Å². The molecule has 0 saturated heterocycles. The molecule has 2 unspecified atom stereocenters. The molecule has 0 heterocycles. The molecule has 1 amide bonds. The van der Waals surface area contributed by atoms with Crippen LogP contribution in [0.3, 0.4) is 0 Å². The fraction of sp³-hybridized carbons (Fsp3) is 0.231. The largest absolute Gasteiger partial charge is 0.481 e. The number of benzene rings is 1. The Morgan fingerprint density at radius 3 is 2.72 bits per heavy atom. The molecule has 2 atom stereocenters. The van der Waals surface area contributed by atoms with Gasteiger partial charge in [-0.25, -0.2) is 0 Å². The Morgan fingerprint density at radius 2 is 2.11 bits per heavy atom. The molecule has 0 fully saturated rings. The van der Waals surface area contributed by atoms with E-state index in [0.29, 0.717) is 12.0 Å². The normalized spacial score (nSPS) is 21.8. The van der Waals surface area contributed by atoms with E-state index in [2.05, 4.69) is 27.9 Å². The van der Waals surface area contributed by atoms with E-state index in [0.717, 1.165) is 3.57 Å². The highest BCUT2D eigenvalue weighted by Crippen LogP contribution is 2.18. The fourth-order valence-electron chi connectivity index (χ4n) is 1.87. The van der Waals surface area contributed by atoms with Crippen molar-refractivity contribution >= 4 is 34.5 Å². The summed E-state index contributed by atoms with van der Waals surface area (Å²) in [5, 5.41) is 11.7. The van der Waals surface area contributed by atoms with E-state index in [9.17, 15) is 9.59 Å². The second-order valence-corrected chi connectivity index (χ2v) is 5.40. The van der Waals surface area contributed by atoms with Crippen LogP contribution in [0.4, 0.5) is 0 Å². The number of amides is 1. The lowest BCUT2D eigenvalue weighted by molar-refractivity contribution is -0.140. The molecule has 18 heavy (non-hydrogen) atoms. The third-order valence-corrected chi connectivity index (χ3v) is 3.48. The van der Waals surface area contributed by atoms with Crippen molar-refractivity contribution in [3.63, 3.8) is 0 Å². The molecule has 0 aromatic heterocycles. The van der Waals surface area contributed by atoms with Gasteiger partial charge in [-0.2, -0.15) is 0 Å². The van der Waals surface area contributed by atoms with Crippen molar-refractivity contribution in [2.45, 2.75) is 12.5 Å². The summed E-state index contributed by atoms with van der Waals surface area (Å²) in [4.78, 5) is 22.7. The van der Waals surface area contributed by atoms with Gasteiger partial charge in [0, 0.05) is 15.2 Å². The van der Waals surface area contributed by atoms with Gasteiger partial charge in [0.25, 0.3) is 5.91 Å². The van der Waals surface area contributed by atoms with Crippen molar-refractivity contribution in [2.75, 3.05) is 0 Å². The van der Waals surface area contributed by atoms with Crippen LogP contribution in [0.25, 0.3) is 0 Å². The van der Waals surface area contributed by atoms with E-state index in [4.69, 9.17) is 5.11 Å². The van der Waals surface area contributed by atoms with Crippen molar-refractivity contribution in [3.05, 3.63) is 45.6 Å². The summed E-state index contributed by atoms with van der Waals surface area (Å²) in [5.41, 5.74) is 0.592. The number of hydrogen-bond donors (Lipinski definition) is 2. The maximum absolute atomic E-state index is 11.9. The van der Waals surface area contributed by atoms with E-state index in [1.54, 1.807) is 24.3 Å². The molecule has 0 aliphatic heterocycles. The molecule has 1 aromatic carbocycles. The summed E-state index contributed by atoms with van der Waals surface area (Å²) >= 11 is 2.14. The van der Waals surface area contributed by atoms with Crippen molar-refractivity contribution < 1.29 is 14.7 Å². The standard InChI is InChI=1S/C13H12INO3/c14-10-3-1-2-8(6-10)12(16)15-11-5-4-9(7-11)13(17)18/h1-6,9,11H,7H2,(H,15,16)(H,17,18). The van der Waals surface area contributed by atoms with Crippen LogP contribution >= 0.6 is 22.6 Å². The average Bonchev–Trinajstić information content (AvgIpc) is 2.77. The quantitative estimate of drug-likeness (QED) is 0.643. The van der Waals surface area contributed by atoms with E-state index in [1.165, 1.54) is 0 Å². The lowest BCUT2D eigenvalue weighted by Gasteiger charge is -2.12. The van der Waals surface area contributed by atoms with Crippen LogP contribution in [-0.4, -0.2) is 23.0 Å². The first kappa shape index (κ1) is 13.1. The number of carboxylic acids is 1. The van der Waals surface area contributed by atoms with Gasteiger partial charge < -0.3 is 10.4 Å². The Bertz CT molecular complexity index is 513. The van der Waals surface area contributed by atoms with Gasteiger partial charge in [0.1, 0.15) is 0 Å². The first-order valence-electron chi connectivity index (χ1n) is 5.54. The molecule has 1 aliphatic rings. The maximum Gasteiger partial charge on any atom is 0.310 e. The zero-order valence-corrected chi connectivity index (χ0v) is 11.6. The van der Waals surface area contributed by atoms with E-state index < -0.39 is 11.9 Å². The smallest absolute Gasteiger partial charge is 0.310 e. The van der Waals surface area contributed by atoms with Gasteiger partial charge in [0.2, 0.25) is 0 Å². The Hall–Kier alpha value is -1.37. The molecule has 2 N–H and O–H groups in total. The van der Waals surface area contributed by atoms with E-state index >= 15 is 0 Å². The van der Waals surface area contributed by atoms with Crippen LogP contribution in [-0.2, 0) is 4.79 Å². The lowest BCUT2D eigenvalue weighted by Crippen LogP contribution is -2.33. The van der Waals surface area contributed by atoms with Crippen LogP contribution in [0.5, 0.6) is 0 Å². The minimum absolute atomic E-state index is 0.172. The Balaban J connectivity index is 1.97. The highest BCUT2D eigenvalue weighted by atomic mass is 127. The number of hydrogen-bond acceptors (Lipinski definition) is 2. The van der Waals surface area contributed by atoms with Crippen LogP contribution in [0.1, 0.15) is 16.8 Å². The first-order chi connectivity index (χ1) is 8.56. The SMILES string of the molecule is O=C(NC1C=CC(C(=O)O)C1)c1cccc(I)c1. The van der Waals surface area contributed by atoms with Crippen molar-refractivity contribution in [1.82, 2.24) is 5.32 Å². The summed E-state index contributed by atoms with van der Waals surface area (Å²) in [6, 6.07) is 7.07. The number of rotatable bonds is 3. The van der Waals surface area contributed by atoms with Gasteiger partial charge in [-0.1, -0.05) is 18.2 Å².